The van der Waals surface area contributed by atoms with Gasteiger partial charge in [0.2, 0.25) is 0 Å². The monoisotopic (exact) mass is 266 g/mol. The summed E-state index contributed by atoms with van der Waals surface area (Å²) in [5.41, 5.74) is 5.48. The lowest BCUT2D eigenvalue weighted by Crippen LogP contribution is -2.15. The first-order chi connectivity index (χ1) is 9.88. The largest absolute Gasteiger partial charge is 0.341 e. The van der Waals surface area contributed by atoms with E-state index in [-0.39, 0.29) is 0 Å². The van der Waals surface area contributed by atoms with E-state index in [0.29, 0.717) is 0 Å². The molecule has 2 heteroatoms. The number of nitrogens with zero attached hydrogens (tertiary/aromatic N) is 1. The van der Waals surface area contributed by atoms with E-state index in [9.17, 15) is 0 Å². The Labute approximate surface area is 121 Å². The third kappa shape index (κ3) is 2.70. The minimum Gasteiger partial charge on any atom is -0.341 e. The van der Waals surface area contributed by atoms with Crippen molar-refractivity contribution < 1.29 is 0 Å². The minimum atomic E-state index is 0.963. The van der Waals surface area contributed by atoms with Gasteiger partial charge < -0.3 is 10.2 Å². The summed E-state index contributed by atoms with van der Waals surface area (Å²) in [6.07, 6.45) is 2.33. The van der Waals surface area contributed by atoms with Gasteiger partial charge in [-0.1, -0.05) is 37.3 Å². The van der Waals surface area contributed by atoms with Crippen molar-refractivity contribution in [3.8, 4) is 0 Å². The Bertz CT molecular complexity index is 560. The van der Waals surface area contributed by atoms with E-state index >= 15 is 0 Å². The lowest BCUT2D eigenvalue weighted by atomic mass is 10.1. The smallest absolute Gasteiger partial charge is 0.0444 e. The summed E-state index contributed by atoms with van der Waals surface area (Å²) in [6.45, 7) is 5.33. The average molecular weight is 266 g/mol. The van der Waals surface area contributed by atoms with E-state index in [1.165, 1.54) is 28.9 Å². The van der Waals surface area contributed by atoms with Gasteiger partial charge in [0.05, 0.1) is 0 Å². The molecule has 0 fully saturated rings. The van der Waals surface area contributed by atoms with Gasteiger partial charge in [-0.3, -0.25) is 0 Å². The Morgan fingerprint density at radius 1 is 1.05 bits per heavy atom. The number of fused-ring (bicyclic) bond motifs is 1. The fourth-order valence-corrected chi connectivity index (χ4v) is 2.81. The van der Waals surface area contributed by atoms with Crippen LogP contribution in [0.15, 0.2) is 48.5 Å². The van der Waals surface area contributed by atoms with Crippen molar-refractivity contribution in [1.29, 1.82) is 0 Å². The molecule has 3 rings (SSSR count). The number of anilines is 2. The van der Waals surface area contributed by atoms with Gasteiger partial charge in [0.1, 0.15) is 0 Å². The summed E-state index contributed by atoms with van der Waals surface area (Å²) >= 11 is 0. The predicted molar refractivity (Wildman–Crippen MR) is 85.6 cm³/mol. The van der Waals surface area contributed by atoms with Gasteiger partial charge in [-0.05, 0) is 48.7 Å². The fourth-order valence-electron chi connectivity index (χ4n) is 2.81. The van der Waals surface area contributed by atoms with Crippen LogP contribution in [-0.2, 0) is 13.0 Å². The summed E-state index contributed by atoms with van der Waals surface area (Å²) in [7, 11) is 0. The lowest BCUT2D eigenvalue weighted by molar-refractivity contribution is 0.675. The second-order valence-corrected chi connectivity index (χ2v) is 5.37. The van der Waals surface area contributed by atoms with Crippen LogP contribution in [0.2, 0.25) is 0 Å². The summed E-state index contributed by atoms with van der Waals surface area (Å²) in [6, 6.07) is 17.7. The highest BCUT2D eigenvalue weighted by molar-refractivity contribution is 5.69. The zero-order valence-electron chi connectivity index (χ0n) is 12.1. The van der Waals surface area contributed by atoms with Gasteiger partial charge in [-0.2, -0.15) is 0 Å². The van der Waals surface area contributed by atoms with Crippen LogP contribution in [0, 0.1) is 0 Å². The molecule has 0 radical (unpaired) electrons. The van der Waals surface area contributed by atoms with Crippen LogP contribution in [-0.4, -0.2) is 13.1 Å². The molecule has 1 N–H and O–H groups in total. The van der Waals surface area contributed by atoms with Crippen molar-refractivity contribution in [1.82, 2.24) is 5.32 Å². The highest BCUT2D eigenvalue weighted by Crippen LogP contribution is 2.34. The molecule has 20 heavy (non-hydrogen) atoms. The summed E-state index contributed by atoms with van der Waals surface area (Å²) in [5.74, 6) is 0. The molecule has 0 amide bonds. The normalized spacial score (nSPS) is 13.6. The number of benzene rings is 2. The van der Waals surface area contributed by atoms with Gasteiger partial charge in [0, 0.05) is 24.5 Å². The van der Waals surface area contributed by atoms with Crippen molar-refractivity contribution in [2.24, 2.45) is 0 Å². The molecule has 2 aromatic carbocycles. The van der Waals surface area contributed by atoms with Gasteiger partial charge in [0.25, 0.3) is 0 Å². The van der Waals surface area contributed by atoms with E-state index in [2.05, 4.69) is 65.7 Å². The van der Waals surface area contributed by atoms with Crippen LogP contribution < -0.4 is 10.2 Å². The molecular formula is C18H22N2. The SMILES string of the molecule is CCCNCc1ccc(N2CCc3ccccc32)cc1. The average Bonchev–Trinajstić information content (AvgIpc) is 2.92. The molecule has 0 atom stereocenters. The van der Waals surface area contributed by atoms with Gasteiger partial charge in [-0.15, -0.1) is 0 Å². The Kier molecular flexibility index (Phi) is 4.03. The highest BCUT2D eigenvalue weighted by Gasteiger charge is 2.19. The van der Waals surface area contributed by atoms with E-state index in [1.54, 1.807) is 0 Å². The van der Waals surface area contributed by atoms with Crippen LogP contribution in [0.3, 0.4) is 0 Å². The van der Waals surface area contributed by atoms with E-state index in [1.807, 2.05) is 0 Å². The maximum atomic E-state index is 3.44. The second kappa shape index (κ2) is 6.10. The van der Waals surface area contributed by atoms with Crippen molar-refractivity contribution in [3.63, 3.8) is 0 Å². The zero-order valence-corrected chi connectivity index (χ0v) is 12.1. The maximum Gasteiger partial charge on any atom is 0.0444 e. The van der Waals surface area contributed by atoms with Crippen LogP contribution in [0.4, 0.5) is 11.4 Å². The quantitative estimate of drug-likeness (QED) is 0.826. The molecule has 0 spiro atoms. The molecule has 0 saturated heterocycles. The first-order valence-electron chi connectivity index (χ1n) is 7.53. The first-order valence-corrected chi connectivity index (χ1v) is 7.53. The predicted octanol–water partition coefficient (Wildman–Crippen LogP) is 3.88. The molecular weight excluding hydrogens is 244 g/mol. The lowest BCUT2D eigenvalue weighted by Gasteiger charge is -2.20. The number of rotatable bonds is 5. The summed E-state index contributed by atoms with van der Waals surface area (Å²) < 4.78 is 0. The molecule has 0 aromatic heterocycles. The molecule has 2 nitrogen and oxygen atoms in total. The van der Waals surface area contributed by atoms with Crippen LogP contribution in [0.25, 0.3) is 0 Å². The standard InChI is InChI=1S/C18H22N2/c1-2-12-19-14-15-7-9-17(10-8-15)20-13-11-16-5-3-4-6-18(16)20/h3-10,19H,2,11-14H2,1H3. The van der Waals surface area contributed by atoms with E-state index in [4.69, 9.17) is 0 Å². The topological polar surface area (TPSA) is 15.3 Å². The van der Waals surface area contributed by atoms with Gasteiger partial charge in [0.15, 0.2) is 0 Å². The Morgan fingerprint density at radius 2 is 1.85 bits per heavy atom. The van der Waals surface area contributed by atoms with Crippen molar-refractivity contribution in [2.45, 2.75) is 26.3 Å². The van der Waals surface area contributed by atoms with Crippen molar-refractivity contribution in [2.75, 3.05) is 18.0 Å². The number of hydrogen-bond donors (Lipinski definition) is 1. The molecule has 104 valence electrons. The third-order valence-corrected chi connectivity index (χ3v) is 3.89. The minimum absolute atomic E-state index is 0.963. The maximum absolute atomic E-state index is 3.44. The first kappa shape index (κ1) is 13.2. The molecule has 1 aliphatic rings. The molecule has 0 bridgehead atoms. The summed E-state index contributed by atoms with van der Waals surface area (Å²) in [4.78, 5) is 2.42. The summed E-state index contributed by atoms with van der Waals surface area (Å²) in [5, 5.41) is 3.44. The number of hydrogen-bond acceptors (Lipinski definition) is 2. The van der Waals surface area contributed by atoms with Crippen molar-refractivity contribution >= 4 is 11.4 Å². The van der Waals surface area contributed by atoms with Crippen molar-refractivity contribution in [3.05, 3.63) is 59.7 Å². The van der Waals surface area contributed by atoms with Gasteiger partial charge >= 0.3 is 0 Å². The number of para-hydroxylation sites is 1. The second-order valence-electron chi connectivity index (χ2n) is 5.37. The molecule has 0 saturated carbocycles. The van der Waals surface area contributed by atoms with E-state index < -0.39 is 0 Å². The molecule has 1 heterocycles. The molecule has 0 aliphatic carbocycles. The Balaban J connectivity index is 1.73. The number of nitrogens with one attached hydrogen (secondary N) is 1. The molecule has 0 unspecified atom stereocenters. The third-order valence-electron chi connectivity index (χ3n) is 3.89. The molecule has 1 aliphatic heterocycles. The van der Waals surface area contributed by atoms with E-state index in [0.717, 1.165) is 26.1 Å². The van der Waals surface area contributed by atoms with Crippen LogP contribution in [0.5, 0.6) is 0 Å². The van der Waals surface area contributed by atoms with Crippen LogP contribution in [0.1, 0.15) is 24.5 Å². The highest BCUT2D eigenvalue weighted by atomic mass is 15.2. The van der Waals surface area contributed by atoms with Crippen LogP contribution >= 0.6 is 0 Å². The fraction of sp³-hybridized carbons (Fsp3) is 0.333. The Hall–Kier alpha value is -1.80. The zero-order chi connectivity index (χ0) is 13.8. The Morgan fingerprint density at radius 3 is 2.65 bits per heavy atom. The molecule has 2 aromatic rings. The van der Waals surface area contributed by atoms with Gasteiger partial charge in [-0.25, -0.2) is 0 Å².